The fraction of sp³-hybridized carbons (Fsp3) is 0.533. The van der Waals surface area contributed by atoms with Crippen LogP contribution < -0.4 is 10.2 Å². The van der Waals surface area contributed by atoms with Crippen molar-refractivity contribution in [3.05, 3.63) is 17.8 Å². The van der Waals surface area contributed by atoms with Gasteiger partial charge in [0.05, 0.1) is 5.39 Å². The summed E-state index contributed by atoms with van der Waals surface area (Å²) in [6.07, 6.45) is 3.31. The maximum absolute atomic E-state index is 12.4. The molecule has 1 N–H and O–H groups in total. The first-order chi connectivity index (χ1) is 10.7. The van der Waals surface area contributed by atoms with Crippen LogP contribution in [-0.4, -0.2) is 59.5 Å². The molecule has 2 saturated heterocycles. The summed E-state index contributed by atoms with van der Waals surface area (Å²) >= 11 is 1.64. The summed E-state index contributed by atoms with van der Waals surface area (Å²) in [7, 11) is 2.07. The molecule has 6 nitrogen and oxygen atoms in total. The number of thiophene rings is 1. The number of likely N-dealkylation sites (N-methyl/N-ethyl adjacent to an activating group) is 1. The zero-order valence-corrected chi connectivity index (χ0v) is 13.4. The number of fused-ring (bicyclic) bond motifs is 1. The van der Waals surface area contributed by atoms with Crippen LogP contribution in [-0.2, 0) is 4.79 Å². The van der Waals surface area contributed by atoms with Crippen molar-refractivity contribution in [2.45, 2.75) is 18.4 Å². The standard InChI is InChI=1S/C15H19N5OS/c1-19-8-5-16-14(21)15(19)3-6-20(7-4-15)12-11-2-9-22-13(11)18-10-17-12/h2,9-10H,3-8H2,1H3,(H,16,21). The number of nitrogens with one attached hydrogen (secondary N) is 1. The van der Waals surface area contributed by atoms with Crippen LogP contribution in [0.25, 0.3) is 10.2 Å². The molecule has 2 aromatic heterocycles. The van der Waals surface area contributed by atoms with Crippen molar-refractivity contribution in [2.75, 3.05) is 38.1 Å². The minimum atomic E-state index is -0.338. The van der Waals surface area contributed by atoms with Gasteiger partial charge in [-0.1, -0.05) is 0 Å². The molecule has 0 atom stereocenters. The maximum Gasteiger partial charge on any atom is 0.240 e. The van der Waals surface area contributed by atoms with Crippen molar-refractivity contribution in [1.82, 2.24) is 20.2 Å². The fourth-order valence-corrected chi connectivity index (χ4v) is 4.34. The zero-order chi connectivity index (χ0) is 15.2. The van der Waals surface area contributed by atoms with Crippen LogP contribution >= 0.6 is 11.3 Å². The number of hydrogen-bond acceptors (Lipinski definition) is 6. The molecule has 22 heavy (non-hydrogen) atoms. The van der Waals surface area contributed by atoms with Crippen LogP contribution in [0.15, 0.2) is 17.8 Å². The Morgan fingerprint density at radius 3 is 2.86 bits per heavy atom. The summed E-state index contributed by atoms with van der Waals surface area (Å²) < 4.78 is 0. The van der Waals surface area contributed by atoms with Crippen molar-refractivity contribution >= 4 is 33.3 Å². The third-order valence-corrected chi connectivity index (χ3v) is 5.84. The van der Waals surface area contributed by atoms with Crippen molar-refractivity contribution in [3.8, 4) is 0 Å². The van der Waals surface area contributed by atoms with Crippen molar-refractivity contribution < 1.29 is 4.79 Å². The second kappa shape index (κ2) is 5.17. The van der Waals surface area contributed by atoms with Gasteiger partial charge in [0.2, 0.25) is 5.91 Å². The Morgan fingerprint density at radius 2 is 2.09 bits per heavy atom. The summed E-state index contributed by atoms with van der Waals surface area (Å²) in [6.45, 7) is 3.37. The van der Waals surface area contributed by atoms with E-state index in [-0.39, 0.29) is 11.4 Å². The smallest absolute Gasteiger partial charge is 0.240 e. The van der Waals surface area contributed by atoms with Gasteiger partial charge in [-0.3, -0.25) is 9.69 Å². The van der Waals surface area contributed by atoms with Gasteiger partial charge in [-0.15, -0.1) is 11.3 Å². The van der Waals surface area contributed by atoms with Gasteiger partial charge in [0.15, 0.2) is 0 Å². The number of carbonyl (C=O) groups excluding carboxylic acids is 1. The van der Waals surface area contributed by atoms with E-state index in [0.717, 1.165) is 55.1 Å². The van der Waals surface area contributed by atoms with E-state index < -0.39 is 0 Å². The van der Waals surface area contributed by atoms with Crippen molar-refractivity contribution in [2.24, 2.45) is 0 Å². The number of carbonyl (C=O) groups is 1. The molecular formula is C15H19N5OS. The molecular weight excluding hydrogens is 298 g/mol. The first kappa shape index (κ1) is 13.9. The highest BCUT2D eigenvalue weighted by Gasteiger charge is 2.46. The Balaban J connectivity index is 1.59. The molecule has 1 spiro atoms. The van der Waals surface area contributed by atoms with Gasteiger partial charge < -0.3 is 10.2 Å². The molecule has 1 amide bonds. The summed E-state index contributed by atoms with van der Waals surface area (Å²) in [5.74, 6) is 1.18. The first-order valence-electron chi connectivity index (χ1n) is 7.63. The van der Waals surface area contributed by atoms with E-state index in [1.165, 1.54) is 0 Å². The lowest BCUT2D eigenvalue weighted by Crippen LogP contribution is -2.66. The van der Waals surface area contributed by atoms with E-state index in [9.17, 15) is 4.79 Å². The minimum absolute atomic E-state index is 0.185. The Kier molecular flexibility index (Phi) is 3.27. The Hall–Kier alpha value is -1.73. The molecule has 2 aliphatic rings. The second-order valence-electron chi connectivity index (χ2n) is 6.03. The first-order valence-corrected chi connectivity index (χ1v) is 8.51. The third kappa shape index (κ3) is 1.99. The van der Waals surface area contributed by atoms with Crippen LogP contribution in [0.4, 0.5) is 5.82 Å². The Bertz CT molecular complexity index is 707. The molecule has 4 heterocycles. The van der Waals surface area contributed by atoms with Crippen LogP contribution in [0.1, 0.15) is 12.8 Å². The molecule has 0 saturated carbocycles. The highest BCUT2D eigenvalue weighted by Crippen LogP contribution is 2.34. The van der Waals surface area contributed by atoms with Crippen LogP contribution in [0.5, 0.6) is 0 Å². The van der Waals surface area contributed by atoms with E-state index in [0.29, 0.717) is 0 Å². The van der Waals surface area contributed by atoms with E-state index in [2.05, 4.69) is 43.6 Å². The molecule has 4 rings (SSSR count). The van der Waals surface area contributed by atoms with Crippen molar-refractivity contribution in [3.63, 3.8) is 0 Å². The Morgan fingerprint density at radius 1 is 1.27 bits per heavy atom. The van der Waals surface area contributed by atoms with Gasteiger partial charge in [-0.2, -0.15) is 0 Å². The number of anilines is 1. The average Bonchev–Trinajstić information content (AvgIpc) is 3.02. The normalized spacial score (nSPS) is 22.2. The molecule has 0 aromatic carbocycles. The number of rotatable bonds is 1. The molecule has 2 aromatic rings. The average molecular weight is 317 g/mol. The maximum atomic E-state index is 12.4. The van der Waals surface area contributed by atoms with Gasteiger partial charge in [-0.25, -0.2) is 9.97 Å². The third-order valence-electron chi connectivity index (χ3n) is 5.02. The van der Waals surface area contributed by atoms with E-state index in [1.807, 2.05) is 0 Å². The number of amides is 1. The summed E-state index contributed by atoms with van der Waals surface area (Å²) in [4.78, 5) is 26.7. The van der Waals surface area contributed by atoms with Crippen molar-refractivity contribution in [1.29, 1.82) is 0 Å². The summed E-state index contributed by atoms with van der Waals surface area (Å²) in [6, 6.07) is 2.08. The summed E-state index contributed by atoms with van der Waals surface area (Å²) in [5, 5.41) is 6.20. The number of nitrogens with zero attached hydrogens (tertiary/aromatic N) is 4. The molecule has 116 valence electrons. The lowest BCUT2D eigenvalue weighted by Gasteiger charge is -2.48. The van der Waals surface area contributed by atoms with E-state index in [1.54, 1.807) is 17.7 Å². The Labute approximate surface area is 133 Å². The predicted octanol–water partition coefficient (Wildman–Crippen LogP) is 1.09. The molecule has 0 bridgehead atoms. The largest absolute Gasteiger partial charge is 0.356 e. The fourth-order valence-electron chi connectivity index (χ4n) is 3.62. The molecule has 0 unspecified atom stereocenters. The number of aromatic nitrogens is 2. The van der Waals surface area contributed by atoms with Crippen LogP contribution in [0, 0.1) is 0 Å². The monoisotopic (exact) mass is 317 g/mol. The molecule has 7 heteroatoms. The minimum Gasteiger partial charge on any atom is -0.356 e. The highest BCUT2D eigenvalue weighted by atomic mass is 32.1. The number of hydrogen-bond donors (Lipinski definition) is 1. The topological polar surface area (TPSA) is 61.4 Å². The molecule has 2 aliphatic heterocycles. The van der Waals surface area contributed by atoms with Crippen LogP contribution in [0.2, 0.25) is 0 Å². The highest BCUT2D eigenvalue weighted by molar-refractivity contribution is 7.16. The zero-order valence-electron chi connectivity index (χ0n) is 12.6. The van der Waals surface area contributed by atoms with Gasteiger partial charge >= 0.3 is 0 Å². The SMILES string of the molecule is CN1CCNC(=O)C12CCN(c1ncnc3sccc13)CC2. The van der Waals surface area contributed by atoms with Crippen LogP contribution in [0.3, 0.4) is 0 Å². The summed E-state index contributed by atoms with van der Waals surface area (Å²) in [5.41, 5.74) is -0.338. The van der Waals surface area contributed by atoms with Gasteiger partial charge in [0.1, 0.15) is 22.5 Å². The lowest BCUT2D eigenvalue weighted by molar-refractivity contribution is -0.137. The lowest BCUT2D eigenvalue weighted by atomic mass is 9.83. The number of piperidine rings is 1. The van der Waals surface area contributed by atoms with E-state index in [4.69, 9.17) is 0 Å². The second-order valence-corrected chi connectivity index (χ2v) is 6.93. The molecule has 2 fully saturated rings. The van der Waals surface area contributed by atoms with E-state index >= 15 is 0 Å². The van der Waals surface area contributed by atoms with Gasteiger partial charge in [0, 0.05) is 26.2 Å². The quantitative estimate of drug-likeness (QED) is 0.853. The molecule has 0 aliphatic carbocycles. The number of piperazine rings is 1. The molecule has 0 radical (unpaired) electrons. The van der Waals surface area contributed by atoms with Gasteiger partial charge in [0.25, 0.3) is 0 Å². The predicted molar refractivity (Wildman–Crippen MR) is 87.2 cm³/mol. The van der Waals surface area contributed by atoms with Gasteiger partial charge in [-0.05, 0) is 31.3 Å².